The first-order valence-electron chi connectivity index (χ1n) is 9.71. The predicted molar refractivity (Wildman–Crippen MR) is 108 cm³/mol. The van der Waals surface area contributed by atoms with Gasteiger partial charge in [-0.3, -0.25) is 4.79 Å². The fraction of sp³-hybridized carbons (Fsp3) is 0.409. The van der Waals surface area contributed by atoms with Crippen molar-refractivity contribution in [1.82, 2.24) is 0 Å². The molecule has 0 aromatic heterocycles. The Labute approximate surface area is 161 Å². The second-order valence-corrected chi connectivity index (χ2v) is 7.52. The molecule has 1 heterocycles. The van der Waals surface area contributed by atoms with Crippen LogP contribution in [0.25, 0.3) is 0 Å². The molecule has 1 amide bonds. The number of benzene rings is 2. The molecule has 1 aliphatic rings. The quantitative estimate of drug-likeness (QED) is 0.683. The fourth-order valence-electron chi connectivity index (χ4n) is 3.77. The van der Waals surface area contributed by atoms with Gasteiger partial charge in [-0.15, -0.1) is 0 Å². The summed E-state index contributed by atoms with van der Waals surface area (Å²) < 4.78 is 5.22. The molecule has 27 heavy (non-hydrogen) atoms. The standard InChI is InChI=1S/C22H29N3O2/c1-17-5-4-6-18(2)22(17)23-21(26)16-25-13-11-24(12-14-25)15-19-7-9-20(27-3)10-8-19/h4-10H,11-16H2,1-3H3,(H,23,26)/p+2. The van der Waals surface area contributed by atoms with E-state index in [1.807, 2.05) is 44.2 Å². The van der Waals surface area contributed by atoms with Crippen LogP contribution in [0.1, 0.15) is 16.7 Å². The van der Waals surface area contributed by atoms with E-state index in [-0.39, 0.29) is 5.91 Å². The maximum atomic E-state index is 12.5. The van der Waals surface area contributed by atoms with Crippen LogP contribution in [0.15, 0.2) is 42.5 Å². The van der Waals surface area contributed by atoms with E-state index < -0.39 is 0 Å². The van der Waals surface area contributed by atoms with E-state index in [1.165, 1.54) is 10.5 Å². The fourth-order valence-corrected chi connectivity index (χ4v) is 3.77. The number of carbonyl (C=O) groups is 1. The number of nitrogens with one attached hydrogen (secondary N) is 3. The highest BCUT2D eigenvalue weighted by Crippen LogP contribution is 2.18. The van der Waals surface area contributed by atoms with Crippen molar-refractivity contribution in [3.63, 3.8) is 0 Å². The first kappa shape index (κ1) is 19.4. The number of hydrogen-bond acceptors (Lipinski definition) is 2. The average Bonchev–Trinajstić information content (AvgIpc) is 2.67. The van der Waals surface area contributed by atoms with E-state index in [2.05, 4.69) is 17.4 Å². The lowest BCUT2D eigenvalue weighted by molar-refractivity contribution is -1.02. The molecule has 2 aromatic rings. The number of para-hydroxylation sites is 1. The molecule has 144 valence electrons. The molecule has 0 bridgehead atoms. The highest BCUT2D eigenvalue weighted by Gasteiger charge is 2.25. The second kappa shape index (κ2) is 9.02. The van der Waals surface area contributed by atoms with Crippen LogP contribution in [0.2, 0.25) is 0 Å². The summed E-state index contributed by atoms with van der Waals surface area (Å²) in [7, 11) is 1.69. The van der Waals surface area contributed by atoms with Gasteiger partial charge in [-0.2, -0.15) is 0 Å². The van der Waals surface area contributed by atoms with Crippen LogP contribution in [-0.2, 0) is 11.3 Å². The summed E-state index contributed by atoms with van der Waals surface area (Å²) in [5, 5.41) is 3.11. The van der Waals surface area contributed by atoms with Gasteiger partial charge in [-0.1, -0.05) is 18.2 Å². The Hall–Kier alpha value is -2.37. The molecular formula is C22H31N3O2+2. The predicted octanol–water partition coefficient (Wildman–Crippen LogP) is 0.234. The van der Waals surface area contributed by atoms with E-state index >= 15 is 0 Å². The lowest BCUT2D eigenvalue weighted by Gasteiger charge is -2.29. The summed E-state index contributed by atoms with van der Waals surface area (Å²) in [6.07, 6.45) is 0. The Morgan fingerprint density at radius 3 is 2.15 bits per heavy atom. The Balaban J connectivity index is 1.45. The smallest absolute Gasteiger partial charge is 0.279 e. The average molecular weight is 370 g/mol. The SMILES string of the molecule is COc1ccc(C[NH+]2CC[NH+](CC(=O)Nc3c(C)cccc3C)CC2)cc1. The van der Waals surface area contributed by atoms with Crippen LogP contribution in [-0.4, -0.2) is 45.7 Å². The topological polar surface area (TPSA) is 47.2 Å². The molecule has 0 aliphatic carbocycles. The number of aryl methyl sites for hydroxylation is 2. The third-order valence-corrected chi connectivity index (χ3v) is 5.43. The van der Waals surface area contributed by atoms with Gasteiger partial charge in [0, 0.05) is 11.3 Å². The third kappa shape index (κ3) is 5.31. The van der Waals surface area contributed by atoms with Gasteiger partial charge in [0.15, 0.2) is 6.54 Å². The minimum absolute atomic E-state index is 0.112. The van der Waals surface area contributed by atoms with Crippen molar-refractivity contribution < 1.29 is 19.3 Å². The molecule has 0 atom stereocenters. The van der Waals surface area contributed by atoms with Crippen molar-refractivity contribution in [1.29, 1.82) is 0 Å². The zero-order chi connectivity index (χ0) is 19.2. The lowest BCUT2D eigenvalue weighted by Crippen LogP contribution is -3.28. The Morgan fingerprint density at radius 1 is 0.963 bits per heavy atom. The number of quaternary nitrogens is 2. The zero-order valence-corrected chi connectivity index (χ0v) is 16.6. The van der Waals surface area contributed by atoms with Gasteiger partial charge in [0.05, 0.1) is 7.11 Å². The highest BCUT2D eigenvalue weighted by atomic mass is 16.5. The lowest BCUT2D eigenvalue weighted by atomic mass is 10.1. The van der Waals surface area contributed by atoms with Gasteiger partial charge in [-0.25, -0.2) is 0 Å². The summed E-state index contributed by atoms with van der Waals surface area (Å²) in [5.41, 5.74) is 4.53. The Bertz CT molecular complexity index is 745. The molecular weight excluding hydrogens is 338 g/mol. The third-order valence-electron chi connectivity index (χ3n) is 5.43. The minimum atomic E-state index is 0.112. The van der Waals surface area contributed by atoms with Crippen molar-refractivity contribution in [3.05, 3.63) is 59.2 Å². The number of hydrogen-bond donors (Lipinski definition) is 3. The van der Waals surface area contributed by atoms with Crippen LogP contribution in [0.4, 0.5) is 5.69 Å². The second-order valence-electron chi connectivity index (χ2n) is 7.52. The molecule has 3 N–H and O–H groups in total. The van der Waals surface area contributed by atoms with E-state index in [1.54, 1.807) is 12.0 Å². The number of amides is 1. The maximum Gasteiger partial charge on any atom is 0.279 e. The monoisotopic (exact) mass is 369 g/mol. The summed E-state index contributed by atoms with van der Waals surface area (Å²) in [6, 6.07) is 14.4. The van der Waals surface area contributed by atoms with E-state index in [4.69, 9.17) is 4.74 Å². The molecule has 1 saturated heterocycles. The van der Waals surface area contributed by atoms with Crippen molar-refractivity contribution in [3.8, 4) is 5.75 Å². The van der Waals surface area contributed by atoms with Crippen LogP contribution >= 0.6 is 0 Å². The largest absolute Gasteiger partial charge is 0.497 e. The van der Waals surface area contributed by atoms with Crippen LogP contribution in [0.5, 0.6) is 5.75 Å². The molecule has 3 rings (SSSR count). The van der Waals surface area contributed by atoms with Gasteiger partial charge in [0.2, 0.25) is 0 Å². The number of methoxy groups -OCH3 is 1. The van der Waals surface area contributed by atoms with Gasteiger partial charge in [-0.05, 0) is 49.2 Å². The zero-order valence-electron chi connectivity index (χ0n) is 16.6. The number of rotatable bonds is 6. The van der Waals surface area contributed by atoms with Crippen molar-refractivity contribution >= 4 is 11.6 Å². The van der Waals surface area contributed by atoms with Crippen LogP contribution in [0, 0.1) is 13.8 Å². The first-order chi connectivity index (χ1) is 13.0. The van der Waals surface area contributed by atoms with Gasteiger partial charge in [0.25, 0.3) is 5.91 Å². The summed E-state index contributed by atoms with van der Waals surface area (Å²) in [6.45, 7) is 9.91. The number of piperazine rings is 1. The van der Waals surface area contributed by atoms with Crippen molar-refractivity contribution in [2.24, 2.45) is 0 Å². The molecule has 0 spiro atoms. The Kier molecular flexibility index (Phi) is 6.48. The Morgan fingerprint density at radius 2 is 1.56 bits per heavy atom. The number of carbonyl (C=O) groups excluding carboxylic acids is 1. The molecule has 1 aliphatic heterocycles. The molecule has 0 radical (unpaired) electrons. The van der Waals surface area contributed by atoms with E-state index in [0.29, 0.717) is 6.54 Å². The van der Waals surface area contributed by atoms with Gasteiger partial charge < -0.3 is 19.9 Å². The van der Waals surface area contributed by atoms with Crippen LogP contribution < -0.4 is 19.9 Å². The maximum absolute atomic E-state index is 12.5. The molecule has 0 saturated carbocycles. The number of ether oxygens (including phenoxy) is 1. The summed E-state index contributed by atoms with van der Waals surface area (Å²) >= 11 is 0. The van der Waals surface area contributed by atoms with Crippen LogP contribution in [0.3, 0.4) is 0 Å². The summed E-state index contributed by atoms with van der Waals surface area (Å²) in [5.74, 6) is 1.01. The molecule has 0 unspecified atom stereocenters. The molecule has 2 aromatic carbocycles. The molecule has 5 heteroatoms. The molecule has 5 nitrogen and oxygen atoms in total. The number of anilines is 1. The van der Waals surface area contributed by atoms with Gasteiger partial charge >= 0.3 is 0 Å². The minimum Gasteiger partial charge on any atom is -0.497 e. The normalized spacial score (nSPS) is 19.5. The summed E-state index contributed by atoms with van der Waals surface area (Å²) in [4.78, 5) is 15.4. The first-order valence-corrected chi connectivity index (χ1v) is 9.71. The van der Waals surface area contributed by atoms with E-state index in [0.717, 1.165) is 55.3 Å². The van der Waals surface area contributed by atoms with E-state index in [9.17, 15) is 4.79 Å². The molecule has 1 fully saturated rings. The van der Waals surface area contributed by atoms with Crippen molar-refractivity contribution in [2.75, 3.05) is 45.2 Å². The van der Waals surface area contributed by atoms with Gasteiger partial charge in [0.1, 0.15) is 38.5 Å². The highest BCUT2D eigenvalue weighted by molar-refractivity contribution is 5.93. The van der Waals surface area contributed by atoms with Crippen molar-refractivity contribution in [2.45, 2.75) is 20.4 Å².